The van der Waals surface area contributed by atoms with Gasteiger partial charge < -0.3 is 4.90 Å². The Labute approximate surface area is 188 Å². The summed E-state index contributed by atoms with van der Waals surface area (Å²) in [6.45, 7) is 7.69. The molecule has 2 N–H and O–H groups in total. The van der Waals surface area contributed by atoms with Gasteiger partial charge >= 0.3 is 0 Å². The highest BCUT2D eigenvalue weighted by atomic mass is 32.2. The van der Waals surface area contributed by atoms with Gasteiger partial charge in [0, 0.05) is 24.7 Å². The number of aromatic nitrogens is 2. The molecule has 0 bridgehead atoms. The minimum Gasteiger partial charge on any atom is -0.339 e. The van der Waals surface area contributed by atoms with Crippen LogP contribution in [0.15, 0.2) is 41.6 Å². The van der Waals surface area contributed by atoms with Crippen molar-refractivity contribution in [3.05, 3.63) is 42.1 Å². The number of amides is 1. The lowest BCUT2D eigenvalue weighted by molar-refractivity contribution is -0.596. The average Bonchev–Trinajstić information content (AvgIpc) is 3.31. The van der Waals surface area contributed by atoms with Crippen molar-refractivity contribution in [2.45, 2.75) is 43.8 Å². The predicted molar refractivity (Wildman–Crippen MR) is 126 cm³/mol. The fraction of sp³-hybridized carbons (Fsp3) is 0.435. The molecule has 1 atom stereocenters. The molecule has 3 heterocycles. The second kappa shape index (κ2) is 9.70. The maximum atomic E-state index is 12.8. The number of imidazole rings is 1. The Bertz CT molecular complexity index is 973. The second-order valence-electron chi connectivity index (χ2n) is 7.75. The average molecular weight is 440 g/mol. The number of carbonyl (C=O) groups excluding carboxylic acids is 1. The van der Waals surface area contributed by atoms with E-state index in [2.05, 4.69) is 25.1 Å². The van der Waals surface area contributed by atoms with Crippen LogP contribution >= 0.6 is 11.8 Å². The number of thioether (sulfide) groups is 1. The Kier molecular flexibility index (Phi) is 6.77. The Morgan fingerprint density at radius 1 is 1.23 bits per heavy atom. The van der Waals surface area contributed by atoms with Crippen molar-refractivity contribution in [3.63, 3.8) is 0 Å². The first-order valence-corrected chi connectivity index (χ1v) is 12.0. The summed E-state index contributed by atoms with van der Waals surface area (Å²) < 4.78 is 4.05. The van der Waals surface area contributed by atoms with Crippen molar-refractivity contribution in [2.75, 3.05) is 26.2 Å². The van der Waals surface area contributed by atoms with Crippen LogP contribution in [-0.2, 0) is 4.79 Å². The summed E-state index contributed by atoms with van der Waals surface area (Å²) in [6, 6.07) is 10.1. The van der Waals surface area contributed by atoms with Crippen LogP contribution in [-0.4, -0.2) is 68.1 Å². The van der Waals surface area contributed by atoms with Crippen LogP contribution in [0, 0.1) is 0 Å². The van der Waals surface area contributed by atoms with Crippen molar-refractivity contribution in [1.29, 1.82) is 0 Å². The highest BCUT2D eigenvalue weighted by Gasteiger charge is 2.34. The van der Waals surface area contributed by atoms with E-state index in [0.717, 1.165) is 61.1 Å². The minimum absolute atomic E-state index is 0.0588. The van der Waals surface area contributed by atoms with Gasteiger partial charge in [0.25, 0.3) is 6.34 Å². The van der Waals surface area contributed by atoms with Crippen LogP contribution in [0.3, 0.4) is 0 Å². The number of nitrogens with two attached hydrogens (primary N) is 1. The molecule has 1 unspecified atom stereocenters. The summed E-state index contributed by atoms with van der Waals surface area (Å²) in [6.07, 6.45) is 9.00. The van der Waals surface area contributed by atoms with Crippen molar-refractivity contribution in [1.82, 2.24) is 19.5 Å². The quantitative estimate of drug-likeness (QED) is 0.426. The maximum absolute atomic E-state index is 12.8. The zero-order valence-corrected chi connectivity index (χ0v) is 19.1. The topological polar surface area (TPSA) is 70.4 Å². The van der Waals surface area contributed by atoms with Crippen LogP contribution in [0.25, 0.3) is 17.3 Å². The van der Waals surface area contributed by atoms with Crippen molar-refractivity contribution >= 4 is 30.1 Å². The second-order valence-corrected chi connectivity index (χ2v) is 8.83. The van der Waals surface area contributed by atoms with E-state index in [0.29, 0.717) is 0 Å². The molecule has 2 aromatic rings. The van der Waals surface area contributed by atoms with Gasteiger partial charge in [0.2, 0.25) is 16.6 Å². The molecular weight excluding hydrogens is 408 g/mol. The van der Waals surface area contributed by atoms with Crippen LogP contribution in [0.2, 0.25) is 0 Å². The van der Waals surface area contributed by atoms with E-state index in [4.69, 9.17) is 10.7 Å². The first kappa shape index (κ1) is 21.6. The first-order valence-electron chi connectivity index (χ1n) is 11.1. The normalized spacial score (nSPS) is 19.9. The summed E-state index contributed by atoms with van der Waals surface area (Å²) in [7, 11) is 0. The Morgan fingerprint density at radius 3 is 2.61 bits per heavy atom. The summed E-state index contributed by atoms with van der Waals surface area (Å²) >= 11 is 1.52. The van der Waals surface area contributed by atoms with E-state index in [1.165, 1.54) is 18.2 Å². The van der Waals surface area contributed by atoms with Gasteiger partial charge in [0.05, 0.1) is 13.1 Å². The van der Waals surface area contributed by atoms with Crippen LogP contribution in [0.1, 0.15) is 38.8 Å². The molecule has 0 radical (unpaired) electrons. The molecule has 1 aromatic carbocycles. The number of hydrogen-bond donors (Lipinski definition) is 1. The molecule has 7 nitrogen and oxygen atoms in total. The lowest BCUT2D eigenvalue weighted by atomic mass is 10.1. The molecule has 31 heavy (non-hydrogen) atoms. The molecular formula is C23H31N6OS+. The Morgan fingerprint density at radius 2 is 1.94 bits per heavy atom. The van der Waals surface area contributed by atoms with Crippen molar-refractivity contribution in [3.8, 4) is 11.3 Å². The summed E-state index contributed by atoms with van der Waals surface area (Å²) in [5.74, 6) is 0.0588. The number of carbonyl (C=O) groups is 1. The van der Waals surface area contributed by atoms with Crippen LogP contribution in [0.4, 0.5) is 0 Å². The third kappa shape index (κ3) is 4.55. The first-order chi connectivity index (χ1) is 15.1. The number of nitrogens with zero attached hydrogens (tertiary/aromatic N) is 5. The summed E-state index contributed by atoms with van der Waals surface area (Å²) in [5.41, 5.74) is 8.91. The third-order valence-corrected chi connectivity index (χ3v) is 6.70. The summed E-state index contributed by atoms with van der Waals surface area (Å²) in [5, 5.41) is 0.833. The van der Waals surface area contributed by atoms with E-state index in [1.54, 1.807) is 6.08 Å². The number of rotatable bonds is 6. The Hall–Kier alpha value is -2.58. The minimum atomic E-state index is -0.266. The zero-order valence-electron chi connectivity index (χ0n) is 18.3. The number of piperidine rings is 1. The van der Waals surface area contributed by atoms with E-state index in [-0.39, 0.29) is 11.4 Å². The maximum Gasteiger partial charge on any atom is 0.260 e. The van der Waals surface area contributed by atoms with E-state index in [9.17, 15) is 4.79 Å². The summed E-state index contributed by atoms with van der Waals surface area (Å²) in [4.78, 5) is 21.8. The molecule has 4 rings (SSSR count). The lowest BCUT2D eigenvalue weighted by Gasteiger charge is -2.25. The van der Waals surface area contributed by atoms with E-state index >= 15 is 0 Å². The van der Waals surface area contributed by atoms with Gasteiger partial charge in [-0.2, -0.15) is 4.68 Å². The highest BCUT2D eigenvalue weighted by Crippen LogP contribution is 2.35. The number of hydrogen-bond acceptors (Lipinski definition) is 4. The Balaban J connectivity index is 1.76. The molecule has 2 aliphatic rings. The smallest absolute Gasteiger partial charge is 0.260 e. The van der Waals surface area contributed by atoms with Gasteiger partial charge in [-0.25, -0.2) is 4.98 Å². The van der Waals surface area contributed by atoms with Gasteiger partial charge in [-0.3, -0.25) is 15.4 Å². The zero-order chi connectivity index (χ0) is 21.8. The van der Waals surface area contributed by atoms with Crippen LogP contribution in [0.5, 0.6) is 0 Å². The van der Waals surface area contributed by atoms with Crippen molar-refractivity contribution < 1.29 is 9.48 Å². The molecule has 1 fully saturated rings. The molecule has 1 amide bonds. The van der Waals surface area contributed by atoms with Gasteiger partial charge in [-0.05, 0) is 50.9 Å². The molecule has 8 heteroatoms. The van der Waals surface area contributed by atoms with Gasteiger partial charge in [0.1, 0.15) is 11.4 Å². The SMILES string of the molecule is CCN(C=[N+]1C(N)Sc2nc(-c3ccccc3)c(C=CC(=O)N3CCCCC3)n21)CC. The molecule has 0 saturated carbocycles. The fourth-order valence-electron chi connectivity index (χ4n) is 3.98. The molecule has 0 aliphatic carbocycles. The monoisotopic (exact) mass is 439 g/mol. The molecule has 2 aliphatic heterocycles. The molecule has 164 valence electrons. The largest absolute Gasteiger partial charge is 0.339 e. The fourth-order valence-corrected chi connectivity index (χ4v) is 4.89. The van der Waals surface area contributed by atoms with Gasteiger partial charge in [0.15, 0.2) is 0 Å². The molecule has 1 saturated heterocycles. The number of likely N-dealkylation sites (tertiary alicyclic amines) is 1. The standard InChI is InChI=1S/C23H31N6OS/c1-3-26(4-2)17-28-22(24)31-23-25-21(18-11-7-5-8-12-18)19(29(23)28)13-14-20(30)27-15-9-6-10-16-27/h5,7-8,11-14,17,22H,3-4,6,9-10,15-16,24H2,1-2H3/q+1. The highest BCUT2D eigenvalue weighted by molar-refractivity contribution is 7.99. The predicted octanol–water partition coefficient (Wildman–Crippen LogP) is 3.07. The van der Waals surface area contributed by atoms with Gasteiger partial charge in [-0.1, -0.05) is 30.3 Å². The third-order valence-electron chi connectivity index (χ3n) is 5.77. The van der Waals surface area contributed by atoms with E-state index < -0.39 is 0 Å². The van der Waals surface area contributed by atoms with Crippen molar-refractivity contribution in [2.24, 2.45) is 5.73 Å². The lowest BCUT2D eigenvalue weighted by Crippen LogP contribution is -2.37. The molecule has 0 spiro atoms. The number of fused-ring (bicyclic) bond motifs is 1. The van der Waals surface area contributed by atoms with E-state index in [1.807, 2.05) is 50.7 Å². The molecule has 1 aromatic heterocycles. The van der Waals surface area contributed by atoms with Gasteiger partial charge in [-0.15, -0.1) is 4.68 Å². The van der Waals surface area contributed by atoms with Crippen LogP contribution < -0.4 is 5.73 Å². The number of benzene rings is 1.